The predicted molar refractivity (Wildman–Crippen MR) is 146 cm³/mol. The summed E-state index contributed by atoms with van der Waals surface area (Å²) >= 11 is 17.7. The number of hydrogen-bond donors (Lipinski definition) is 1. The van der Waals surface area contributed by atoms with Crippen LogP contribution in [0.15, 0.2) is 58.6 Å². The second-order valence-electron chi connectivity index (χ2n) is 7.27. The first-order chi connectivity index (χ1) is 15.7. The fourth-order valence-electron chi connectivity index (χ4n) is 2.92. The zero-order valence-corrected chi connectivity index (χ0v) is 22.9. The van der Waals surface area contributed by atoms with Crippen molar-refractivity contribution >= 4 is 79.4 Å². The summed E-state index contributed by atoms with van der Waals surface area (Å²) in [5.74, 6) is 0.184. The van der Waals surface area contributed by atoms with Gasteiger partial charge >= 0.3 is 0 Å². The third-order valence-electron chi connectivity index (χ3n) is 4.83. The lowest BCUT2D eigenvalue weighted by Gasteiger charge is -2.12. The van der Waals surface area contributed by atoms with Gasteiger partial charge in [-0.1, -0.05) is 35.3 Å². The molecule has 3 aromatic rings. The molecule has 0 aliphatic carbocycles. The van der Waals surface area contributed by atoms with Gasteiger partial charge in [-0.15, -0.1) is 0 Å². The number of rotatable bonds is 6. The topological polar surface area (TPSA) is 62.1 Å². The molecule has 0 heterocycles. The van der Waals surface area contributed by atoms with Crippen molar-refractivity contribution in [2.75, 3.05) is 5.32 Å². The molecule has 1 N–H and O–H groups in total. The number of carbonyl (C=O) groups excluding carboxylic acids is 1. The van der Waals surface area contributed by atoms with Crippen LogP contribution >= 0.6 is 61.7 Å². The van der Waals surface area contributed by atoms with Crippen molar-refractivity contribution in [3.63, 3.8) is 0 Å². The maximum Gasteiger partial charge on any atom is 0.266 e. The number of anilines is 1. The molecule has 0 aliphatic heterocycles. The highest BCUT2D eigenvalue weighted by molar-refractivity contribution is 14.1. The Morgan fingerprint density at radius 3 is 2.52 bits per heavy atom. The number of amides is 1. The Morgan fingerprint density at radius 1 is 1.12 bits per heavy atom. The fourth-order valence-corrected chi connectivity index (χ4v) is 5.01. The van der Waals surface area contributed by atoms with E-state index in [4.69, 9.17) is 27.9 Å². The van der Waals surface area contributed by atoms with Gasteiger partial charge in [0, 0.05) is 5.69 Å². The van der Waals surface area contributed by atoms with Crippen LogP contribution in [0, 0.1) is 28.7 Å². The maximum atomic E-state index is 12.6. The molecule has 0 radical (unpaired) electrons. The molecule has 0 saturated carbocycles. The number of hydrogen-bond acceptors (Lipinski definition) is 3. The number of nitrogens with zero attached hydrogens (tertiary/aromatic N) is 1. The minimum atomic E-state index is -0.466. The molecule has 0 aliphatic rings. The van der Waals surface area contributed by atoms with Gasteiger partial charge in [0.25, 0.3) is 5.91 Å². The molecule has 3 aromatic carbocycles. The number of carbonyl (C=O) groups is 1. The van der Waals surface area contributed by atoms with Crippen molar-refractivity contribution in [1.82, 2.24) is 0 Å². The van der Waals surface area contributed by atoms with Gasteiger partial charge in [0.1, 0.15) is 24.0 Å². The van der Waals surface area contributed by atoms with E-state index in [1.807, 2.05) is 50.2 Å². The fraction of sp³-hybridized carbons (Fsp3) is 0.120. The molecule has 0 saturated heterocycles. The number of nitrogens with one attached hydrogen (secondary N) is 1. The second kappa shape index (κ2) is 11.4. The summed E-state index contributed by atoms with van der Waals surface area (Å²) in [6.45, 7) is 4.28. The SMILES string of the molecule is Cc1ccc(NC(=O)/C(C#N)=C/c2cc(Br)c(OCc3ccc(Cl)c(Cl)c3)c(I)c2)cc1C. The Kier molecular flexibility index (Phi) is 8.82. The molecular formula is C25H18BrCl2IN2O2. The van der Waals surface area contributed by atoms with E-state index in [0.717, 1.165) is 20.3 Å². The Morgan fingerprint density at radius 2 is 1.88 bits per heavy atom. The Balaban J connectivity index is 1.77. The van der Waals surface area contributed by atoms with Crippen molar-refractivity contribution in [3.05, 3.63) is 94.4 Å². The van der Waals surface area contributed by atoms with Gasteiger partial charge in [-0.25, -0.2) is 0 Å². The lowest BCUT2D eigenvalue weighted by molar-refractivity contribution is -0.112. The summed E-state index contributed by atoms with van der Waals surface area (Å²) in [6, 6.07) is 16.6. The average molecular weight is 656 g/mol. The first kappa shape index (κ1) is 25.6. The zero-order valence-electron chi connectivity index (χ0n) is 17.7. The monoisotopic (exact) mass is 654 g/mol. The molecule has 168 valence electrons. The molecule has 1 amide bonds. The highest BCUT2D eigenvalue weighted by Crippen LogP contribution is 2.34. The normalized spacial score (nSPS) is 11.1. The quantitative estimate of drug-likeness (QED) is 0.166. The van der Waals surface area contributed by atoms with Crippen LogP contribution in [0.1, 0.15) is 22.3 Å². The van der Waals surface area contributed by atoms with E-state index in [2.05, 4.69) is 43.8 Å². The van der Waals surface area contributed by atoms with Crippen LogP contribution < -0.4 is 10.1 Å². The van der Waals surface area contributed by atoms with E-state index < -0.39 is 5.91 Å². The third-order valence-corrected chi connectivity index (χ3v) is 6.96. The van der Waals surface area contributed by atoms with Crippen molar-refractivity contribution < 1.29 is 9.53 Å². The number of nitriles is 1. The lowest BCUT2D eigenvalue weighted by atomic mass is 10.1. The third kappa shape index (κ3) is 6.73. The predicted octanol–water partition coefficient (Wildman–Crippen LogP) is 8.10. The largest absolute Gasteiger partial charge is 0.487 e. The molecule has 0 atom stereocenters. The molecule has 4 nitrogen and oxygen atoms in total. The van der Waals surface area contributed by atoms with E-state index in [1.54, 1.807) is 24.3 Å². The first-order valence-electron chi connectivity index (χ1n) is 9.74. The van der Waals surface area contributed by atoms with Gasteiger partial charge in [0.2, 0.25) is 0 Å². The summed E-state index contributed by atoms with van der Waals surface area (Å²) < 4.78 is 7.48. The summed E-state index contributed by atoms with van der Waals surface area (Å²) in [7, 11) is 0. The minimum Gasteiger partial charge on any atom is -0.487 e. The molecule has 0 fully saturated rings. The standard InChI is InChI=1S/C25H18BrCl2IN2O2/c1-14-3-5-19(7-15(14)2)31-25(32)18(12-30)8-17-9-20(26)24(23(29)11-17)33-13-16-4-6-21(27)22(28)10-16/h3-11H,13H2,1-2H3,(H,31,32)/b18-8+. The number of halogens is 4. The van der Waals surface area contributed by atoms with Crippen LogP contribution in [0.4, 0.5) is 5.69 Å². The van der Waals surface area contributed by atoms with Crippen molar-refractivity contribution in [2.45, 2.75) is 20.5 Å². The maximum absolute atomic E-state index is 12.6. The zero-order chi connectivity index (χ0) is 24.1. The van der Waals surface area contributed by atoms with E-state index in [-0.39, 0.29) is 5.57 Å². The van der Waals surface area contributed by atoms with E-state index in [1.165, 1.54) is 0 Å². The van der Waals surface area contributed by atoms with Gasteiger partial charge in [-0.3, -0.25) is 4.79 Å². The minimum absolute atomic E-state index is 0.000373. The van der Waals surface area contributed by atoms with Crippen LogP contribution in [0.5, 0.6) is 5.75 Å². The molecular weight excluding hydrogens is 638 g/mol. The molecule has 0 spiro atoms. The van der Waals surface area contributed by atoms with Crippen LogP contribution in [-0.2, 0) is 11.4 Å². The van der Waals surface area contributed by atoms with Crippen LogP contribution in [0.25, 0.3) is 6.08 Å². The summed E-state index contributed by atoms with van der Waals surface area (Å²) in [5.41, 5.74) is 4.41. The Bertz CT molecular complexity index is 1280. The lowest BCUT2D eigenvalue weighted by Crippen LogP contribution is -2.13. The summed E-state index contributed by atoms with van der Waals surface area (Å²) in [5, 5.41) is 13.3. The Hall–Kier alpha value is -2.05. The van der Waals surface area contributed by atoms with Crippen LogP contribution in [-0.4, -0.2) is 5.91 Å². The van der Waals surface area contributed by atoms with Gasteiger partial charge in [-0.2, -0.15) is 5.26 Å². The summed E-state index contributed by atoms with van der Waals surface area (Å²) in [4.78, 5) is 12.6. The summed E-state index contributed by atoms with van der Waals surface area (Å²) in [6.07, 6.45) is 1.55. The van der Waals surface area contributed by atoms with Gasteiger partial charge in [0.05, 0.1) is 18.1 Å². The molecule has 0 unspecified atom stereocenters. The number of aryl methyl sites for hydroxylation is 2. The highest BCUT2D eigenvalue weighted by Gasteiger charge is 2.13. The molecule has 8 heteroatoms. The average Bonchev–Trinajstić information content (AvgIpc) is 2.76. The molecule has 33 heavy (non-hydrogen) atoms. The molecule has 3 rings (SSSR count). The first-order valence-corrected chi connectivity index (χ1v) is 12.4. The molecule has 0 bridgehead atoms. The van der Waals surface area contributed by atoms with E-state index in [0.29, 0.717) is 38.1 Å². The smallest absolute Gasteiger partial charge is 0.266 e. The number of benzene rings is 3. The highest BCUT2D eigenvalue weighted by atomic mass is 127. The van der Waals surface area contributed by atoms with E-state index >= 15 is 0 Å². The van der Waals surface area contributed by atoms with Crippen molar-refractivity contribution in [2.24, 2.45) is 0 Å². The van der Waals surface area contributed by atoms with Gasteiger partial charge in [0.15, 0.2) is 0 Å². The van der Waals surface area contributed by atoms with Crippen molar-refractivity contribution in [3.8, 4) is 11.8 Å². The van der Waals surface area contributed by atoms with Crippen molar-refractivity contribution in [1.29, 1.82) is 5.26 Å². The Labute approximate surface area is 224 Å². The van der Waals surface area contributed by atoms with Gasteiger partial charge in [-0.05, 0) is 117 Å². The molecule has 0 aromatic heterocycles. The number of ether oxygens (including phenoxy) is 1. The van der Waals surface area contributed by atoms with Crippen LogP contribution in [0.3, 0.4) is 0 Å². The van der Waals surface area contributed by atoms with Crippen LogP contribution in [0.2, 0.25) is 10.0 Å². The van der Waals surface area contributed by atoms with Gasteiger partial charge < -0.3 is 10.1 Å². The second-order valence-corrected chi connectivity index (χ2v) is 10.1. The van der Waals surface area contributed by atoms with E-state index in [9.17, 15) is 10.1 Å².